The van der Waals surface area contributed by atoms with Crippen LogP contribution in [0.25, 0.3) is 0 Å². The highest BCUT2D eigenvalue weighted by molar-refractivity contribution is 5.97. The van der Waals surface area contributed by atoms with Gasteiger partial charge in [-0.1, -0.05) is 6.92 Å². The second kappa shape index (κ2) is 7.85. The molecule has 0 unspecified atom stereocenters. The Kier molecular flexibility index (Phi) is 5.54. The molecular weight excluding hydrogens is 334 g/mol. The third-order valence-corrected chi connectivity index (χ3v) is 5.23. The number of anilines is 1. The molecule has 2 saturated heterocycles. The topological polar surface area (TPSA) is 62.3 Å². The molecule has 2 heterocycles. The van der Waals surface area contributed by atoms with Crippen LogP contribution >= 0.6 is 0 Å². The molecule has 0 aromatic heterocycles. The SMILES string of the molecule is COc1ccc(OC)c(N2CCN(CC(=O)N3CCC(C)CC3)C2=O)c1. The highest BCUT2D eigenvalue weighted by Gasteiger charge is 2.34. The molecule has 7 heteroatoms. The highest BCUT2D eigenvalue weighted by atomic mass is 16.5. The van der Waals surface area contributed by atoms with E-state index >= 15 is 0 Å². The zero-order valence-corrected chi connectivity index (χ0v) is 15.7. The van der Waals surface area contributed by atoms with Gasteiger partial charge in [0.1, 0.15) is 18.0 Å². The molecule has 3 rings (SSSR count). The molecule has 1 aromatic carbocycles. The van der Waals surface area contributed by atoms with Crippen molar-refractivity contribution >= 4 is 17.6 Å². The summed E-state index contributed by atoms with van der Waals surface area (Å²) in [6, 6.07) is 5.19. The summed E-state index contributed by atoms with van der Waals surface area (Å²) in [5.74, 6) is 1.97. The van der Waals surface area contributed by atoms with Gasteiger partial charge in [-0.05, 0) is 30.9 Å². The minimum absolute atomic E-state index is 0.0321. The number of amides is 3. The number of urea groups is 1. The molecule has 2 aliphatic rings. The fourth-order valence-corrected chi connectivity index (χ4v) is 3.48. The summed E-state index contributed by atoms with van der Waals surface area (Å²) in [6.07, 6.45) is 2.07. The Bertz CT molecular complexity index is 671. The van der Waals surface area contributed by atoms with Gasteiger partial charge in [0.05, 0.1) is 19.9 Å². The monoisotopic (exact) mass is 361 g/mol. The number of benzene rings is 1. The van der Waals surface area contributed by atoms with Crippen molar-refractivity contribution in [3.8, 4) is 11.5 Å². The predicted molar refractivity (Wildman–Crippen MR) is 98.8 cm³/mol. The number of hydrogen-bond donors (Lipinski definition) is 0. The van der Waals surface area contributed by atoms with Gasteiger partial charge in [0.25, 0.3) is 0 Å². The zero-order valence-electron chi connectivity index (χ0n) is 15.7. The maximum Gasteiger partial charge on any atom is 0.325 e. The Labute approximate surface area is 154 Å². The lowest BCUT2D eigenvalue weighted by atomic mass is 9.99. The van der Waals surface area contributed by atoms with Gasteiger partial charge in [-0.25, -0.2) is 4.79 Å². The van der Waals surface area contributed by atoms with Crippen molar-refractivity contribution in [2.24, 2.45) is 5.92 Å². The van der Waals surface area contributed by atoms with Crippen molar-refractivity contribution < 1.29 is 19.1 Å². The number of ether oxygens (including phenoxy) is 2. The highest BCUT2D eigenvalue weighted by Crippen LogP contribution is 2.34. The molecule has 142 valence electrons. The normalized spacial score (nSPS) is 18.4. The van der Waals surface area contributed by atoms with Gasteiger partial charge in [-0.15, -0.1) is 0 Å². The van der Waals surface area contributed by atoms with E-state index in [1.165, 1.54) is 0 Å². The number of carbonyl (C=O) groups excluding carboxylic acids is 2. The minimum Gasteiger partial charge on any atom is -0.497 e. The van der Waals surface area contributed by atoms with Crippen LogP contribution in [0.1, 0.15) is 19.8 Å². The summed E-state index contributed by atoms with van der Waals surface area (Å²) in [7, 11) is 3.16. The molecule has 0 N–H and O–H groups in total. The molecule has 26 heavy (non-hydrogen) atoms. The van der Waals surface area contributed by atoms with Crippen molar-refractivity contribution in [2.75, 3.05) is 51.8 Å². The van der Waals surface area contributed by atoms with Crippen molar-refractivity contribution in [1.82, 2.24) is 9.80 Å². The van der Waals surface area contributed by atoms with E-state index in [9.17, 15) is 9.59 Å². The Morgan fingerprint density at radius 2 is 1.85 bits per heavy atom. The Hall–Kier alpha value is -2.44. The van der Waals surface area contributed by atoms with E-state index in [1.54, 1.807) is 42.2 Å². The zero-order chi connectivity index (χ0) is 18.7. The first kappa shape index (κ1) is 18.4. The van der Waals surface area contributed by atoms with E-state index in [4.69, 9.17) is 9.47 Å². The van der Waals surface area contributed by atoms with Crippen molar-refractivity contribution in [3.63, 3.8) is 0 Å². The number of nitrogens with zero attached hydrogens (tertiary/aromatic N) is 3. The van der Waals surface area contributed by atoms with Crippen LogP contribution in [0.2, 0.25) is 0 Å². The Morgan fingerprint density at radius 1 is 1.12 bits per heavy atom. The molecule has 0 spiro atoms. The first-order valence-corrected chi connectivity index (χ1v) is 9.09. The molecule has 2 fully saturated rings. The van der Waals surface area contributed by atoms with Gasteiger partial charge >= 0.3 is 6.03 Å². The lowest BCUT2D eigenvalue weighted by Crippen LogP contribution is -2.45. The van der Waals surface area contributed by atoms with Crippen LogP contribution < -0.4 is 14.4 Å². The third kappa shape index (κ3) is 3.71. The molecule has 3 amide bonds. The molecule has 0 saturated carbocycles. The summed E-state index contributed by atoms with van der Waals surface area (Å²) in [4.78, 5) is 30.5. The fraction of sp³-hybridized carbons (Fsp3) is 0.579. The van der Waals surface area contributed by atoms with Crippen LogP contribution in [0.15, 0.2) is 18.2 Å². The number of hydrogen-bond acceptors (Lipinski definition) is 4. The minimum atomic E-state index is -0.171. The fourth-order valence-electron chi connectivity index (χ4n) is 3.48. The van der Waals surface area contributed by atoms with E-state index in [1.807, 2.05) is 4.90 Å². The molecule has 7 nitrogen and oxygen atoms in total. The van der Waals surface area contributed by atoms with Gasteiger partial charge < -0.3 is 19.3 Å². The summed E-state index contributed by atoms with van der Waals surface area (Å²) in [5.41, 5.74) is 0.665. The van der Waals surface area contributed by atoms with Crippen LogP contribution in [0, 0.1) is 5.92 Å². The van der Waals surface area contributed by atoms with Crippen LogP contribution in [-0.4, -0.2) is 68.7 Å². The average molecular weight is 361 g/mol. The summed E-state index contributed by atoms with van der Waals surface area (Å²) >= 11 is 0. The van der Waals surface area contributed by atoms with Crippen LogP contribution in [0.3, 0.4) is 0 Å². The molecule has 0 aliphatic carbocycles. The predicted octanol–water partition coefficient (Wildman–Crippen LogP) is 2.20. The molecule has 1 aromatic rings. The average Bonchev–Trinajstić information content (AvgIpc) is 3.02. The van der Waals surface area contributed by atoms with Crippen molar-refractivity contribution in [2.45, 2.75) is 19.8 Å². The Balaban J connectivity index is 1.67. The number of likely N-dealkylation sites (tertiary alicyclic amines) is 1. The van der Waals surface area contributed by atoms with E-state index in [0.29, 0.717) is 36.2 Å². The number of carbonyl (C=O) groups is 2. The number of piperidine rings is 1. The molecular formula is C19H27N3O4. The maximum atomic E-state index is 12.8. The van der Waals surface area contributed by atoms with Crippen LogP contribution in [-0.2, 0) is 4.79 Å². The van der Waals surface area contributed by atoms with Gasteiger partial charge in [-0.2, -0.15) is 0 Å². The van der Waals surface area contributed by atoms with Gasteiger partial charge in [0.15, 0.2) is 0 Å². The van der Waals surface area contributed by atoms with E-state index in [0.717, 1.165) is 25.9 Å². The quantitative estimate of drug-likeness (QED) is 0.807. The van der Waals surface area contributed by atoms with E-state index in [-0.39, 0.29) is 18.5 Å². The Morgan fingerprint density at radius 3 is 2.50 bits per heavy atom. The standard InChI is InChI=1S/C19H27N3O4/c1-14-6-8-20(9-7-14)18(23)13-21-10-11-22(19(21)24)16-12-15(25-2)4-5-17(16)26-3/h4-5,12,14H,6-11,13H2,1-3H3. The smallest absolute Gasteiger partial charge is 0.325 e. The first-order valence-electron chi connectivity index (χ1n) is 9.09. The van der Waals surface area contributed by atoms with Crippen molar-refractivity contribution in [1.29, 1.82) is 0 Å². The van der Waals surface area contributed by atoms with E-state index < -0.39 is 0 Å². The van der Waals surface area contributed by atoms with Crippen molar-refractivity contribution in [3.05, 3.63) is 18.2 Å². The maximum absolute atomic E-state index is 12.8. The largest absolute Gasteiger partial charge is 0.497 e. The lowest BCUT2D eigenvalue weighted by molar-refractivity contribution is -0.132. The molecule has 0 atom stereocenters. The molecule has 0 bridgehead atoms. The van der Waals surface area contributed by atoms with Crippen LogP contribution in [0.4, 0.5) is 10.5 Å². The number of methoxy groups -OCH3 is 2. The number of rotatable bonds is 5. The second-order valence-corrected chi connectivity index (χ2v) is 6.96. The summed E-state index contributed by atoms with van der Waals surface area (Å²) in [6.45, 7) is 4.97. The van der Waals surface area contributed by atoms with Gasteiger partial charge in [-0.3, -0.25) is 9.69 Å². The van der Waals surface area contributed by atoms with Crippen LogP contribution in [0.5, 0.6) is 11.5 Å². The first-order chi connectivity index (χ1) is 12.5. The van der Waals surface area contributed by atoms with E-state index in [2.05, 4.69) is 6.92 Å². The molecule has 2 aliphatic heterocycles. The molecule has 0 radical (unpaired) electrons. The summed E-state index contributed by atoms with van der Waals surface area (Å²) in [5, 5.41) is 0. The summed E-state index contributed by atoms with van der Waals surface area (Å²) < 4.78 is 10.6. The van der Waals surface area contributed by atoms with Gasteiger partial charge in [0.2, 0.25) is 5.91 Å². The lowest BCUT2D eigenvalue weighted by Gasteiger charge is -2.31. The second-order valence-electron chi connectivity index (χ2n) is 6.96. The third-order valence-electron chi connectivity index (χ3n) is 5.23. The van der Waals surface area contributed by atoms with Gasteiger partial charge in [0, 0.05) is 32.2 Å².